The largest absolute Gasteiger partial charge is 0.391 e. The smallest absolute Gasteiger partial charge is 0.241 e. The van der Waals surface area contributed by atoms with Crippen LogP contribution in [0.5, 0.6) is 0 Å². The maximum Gasteiger partial charge on any atom is 0.241 e. The first-order valence-corrected chi connectivity index (χ1v) is 8.73. The third kappa shape index (κ3) is 3.65. The average molecular weight is 313 g/mol. The van der Waals surface area contributed by atoms with Crippen LogP contribution in [0.2, 0.25) is 0 Å². The minimum absolute atomic E-state index is 0.0105. The van der Waals surface area contributed by atoms with Gasteiger partial charge in [0, 0.05) is 6.54 Å². The summed E-state index contributed by atoms with van der Waals surface area (Å²) in [4.78, 5) is 0.346. The molecule has 0 saturated carbocycles. The van der Waals surface area contributed by atoms with E-state index in [0.29, 0.717) is 4.90 Å². The number of sulfonamides is 1. The first kappa shape index (κ1) is 18.1. The Bertz CT molecular complexity index is 604. The van der Waals surface area contributed by atoms with Gasteiger partial charge in [0.25, 0.3) is 0 Å². The van der Waals surface area contributed by atoms with Gasteiger partial charge in [-0.3, -0.25) is 0 Å². The number of hydrogen-bond donors (Lipinski definition) is 2. The molecular formula is C16H27NO3S. The first-order valence-electron chi connectivity index (χ1n) is 7.25. The summed E-state index contributed by atoms with van der Waals surface area (Å²) in [6.45, 7) is 13.3. The topological polar surface area (TPSA) is 66.4 Å². The number of aliphatic hydroxyl groups is 1. The van der Waals surface area contributed by atoms with Gasteiger partial charge in [-0.25, -0.2) is 13.1 Å². The zero-order chi connectivity index (χ0) is 16.5. The van der Waals surface area contributed by atoms with Crippen LogP contribution in [0, 0.1) is 40.5 Å². The number of rotatable bonds is 5. The third-order valence-corrected chi connectivity index (χ3v) is 6.15. The van der Waals surface area contributed by atoms with Crippen LogP contribution in [-0.4, -0.2) is 26.2 Å². The van der Waals surface area contributed by atoms with E-state index in [-0.39, 0.29) is 12.5 Å². The van der Waals surface area contributed by atoms with Gasteiger partial charge in [0.15, 0.2) is 0 Å². The highest BCUT2D eigenvalue weighted by atomic mass is 32.2. The van der Waals surface area contributed by atoms with E-state index in [4.69, 9.17) is 0 Å². The van der Waals surface area contributed by atoms with E-state index < -0.39 is 16.1 Å². The zero-order valence-electron chi connectivity index (χ0n) is 14.0. The van der Waals surface area contributed by atoms with Crippen LogP contribution in [0.4, 0.5) is 0 Å². The Morgan fingerprint density at radius 1 is 0.905 bits per heavy atom. The fourth-order valence-corrected chi connectivity index (χ4v) is 4.02. The van der Waals surface area contributed by atoms with Crippen molar-refractivity contribution in [3.63, 3.8) is 0 Å². The van der Waals surface area contributed by atoms with E-state index in [1.807, 2.05) is 48.5 Å². The van der Waals surface area contributed by atoms with Crippen molar-refractivity contribution in [3.05, 3.63) is 27.8 Å². The molecule has 0 spiro atoms. The van der Waals surface area contributed by atoms with E-state index in [2.05, 4.69) is 4.72 Å². The van der Waals surface area contributed by atoms with Crippen LogP contribution in [0.15, 0.2) is 4.90 Å². The molecule has 0 fully saturated rings. The summed E-state index contributed by atoms with van der Waals surface area (Å²) in [5, 5.41) is 9.80. The van der Waals surface area contributed by atoms with E-state index >= 15 is 0 Å². The molecule has 2 N–H and O–H groups in total. The SMILES string of the molecule is Cc1c(C)c(C)c(S(=O)(=O)NCC(O)C(C)C)c(C)c1C. The summed E-state index contributed by atoms with van der Waals surface area (Å²) in [6.07, 6.45) is -0.687. The van der Waals surface area contributed by atoms with Crippen LogP contribution in [0.25, 0.3) is 0 Å². The molecule has 0 bridgehead atoms. The van der Waals surface area contributed by atoms with Crippen molar-refractivity contribution < 1.29 is 13.5 Å². The quantitative estimate of drug-likeness (QED) is 0.878. The van der Waals surface area contributed by atoms with Crippen molar-refractivity contribution in [2.75, 3.05) is 6.54 Å². The summed E-state index contributed by atoms with van der Waals surface area (Å²) >= 11 is 0. The fourth-order valence-electron chi connectivity index (χ4n) is 2.37. The van der Waals surface area contributed by atoms with Gasteiger partial charge in [0.1, 0.15) is 0 Å². The Balaban J connectivity index is 3.27. The Morgan fingerprint density at radius 3 is 1.67 bits per heavy atom. The highest BCUT2D eigenvalue weighted by Gasteiger charge is 2.24. The molecule has 0 aliphatic heterocycles. The molecule has 0 aliphatic carbocycles. The number of aliphatic hydroxyl groups excluding tert-OH is 1. The molecule has 0 heterocycles. The van der Waals surface area contributed by atoms with E-state index in [1.165, 1.54) is 0 Å². The monoisotopic (exact) mass is 313 g/mol. The molecule has 0 radical (unpaired) electrons. The van der Waals surface area contributed by atoms with Crippen LogP contribution < -0.4 is 4.72 Å². The summed E-state index contributed by atoms with van der Waals surface area (Å²) < 4.78 is 27.7. The lowest BCUT2D eigenvalue weighted by molar-refractivity contribution is 0.129. The number of nitrogens with one attached hydrogen (secondary N) is 1. The van der Waals surface area contributed by atoms with Gasteiger partial charge in [-0.1, -0.05) is 13.8 Å². The predicted molar refractivity (Wildman–Crippen MR) is 86.2 cm³/mol. The Labute approximate surface area is 128 Å². The zero-order valence-corrected chi connectivity index (χ0v) is 14.9. The van der Waals surface area contributed by atoms with Crippen LogP contribution in [-0.2, 0) is 10.0 Å². The predicted octanol–water partition coefficient (Wildman–Crippen LogP) is 2.52. The molecule has 0 amide bonds. The second-order valence-corrected chi connectivity index (χ2v) is 7.82. The molecule has 1 rings (SSSR count). The summed E-state index contributed by atoms with van der Waals surface area (Å²) in [5.41, 5.74) is 4.70. The molecule has 120 valence electrons. The number of hydrogen-bond acceptors (Lipinski definition) is 3. The van der Waals surface area contributed by atoms with Gasteiger partial charge < -0.3 is 5.11 Å². The molecule has 1 atom stereocenters. The Kier molecular flexibility index (Phi) is 5.58. The molecule has 1 aromatic carbocycles. The Hall–Kier alpha value is -0.910. The molecular weight excluding hydrogens is 286 g/mol. The van der Waals surface area contributed by atoms with Crippen LogP contribution in [0.3, 0.4) is 0 Å². The van der Waals surface area contributed by atoms with Gasteiger partial charge in [-0.05, 0) is 68.4 Å². The molecule has 0 aromatic heterocycles. The van der Waals surface area contributed by atoms with Crippen molar-refractivity contribution in [3.8, 4) is 0 Å². The molecule has 1 aromatic rings. The minimum Gasteiger partial charge on any atom is -0.391 e. The maximum atomic E-state index is 12.6. The van der Waals surface area contributed by atoms with E-state index in [0.717, 1.165) is 27.8 Å². The summed E-state index contributed by atoms with van der Waals surface area (Å²) in [7, 11) is -3.62. The highest BCUT2D eigenvalue weighted by molar-refractivity contribution is 7.89. The third-order valence-electron chi connectivity index (χ3n) is 4.45. The normalized spacial score (nSPS) is 13.8. The number of benzene rings is 1. The van der Waals surface area contributed by atoms with Crippen molar-refractivity contribution in [1.82, 2.24) is 4.72 Å². The van der Waals surface area contributed by atoms with Gasteiger partial charge >= 0.3 is 0 Å². The van der Waals surface area contributed by atoms with Gasteiger partial charge in [0.2, 0.25) is 10.0 Å². The van der Waals surface area contributed by atoms with Crippen molar-refractivity contribution in [2.45, 2.75) is 59.5 Å². The minimum atomic E-state index is -3.62. The van der Waals surface area contributed by atoms with Gasteiger partial charge in [0.05, 0.1) is 11.0 Å². The first-order chi connectivity index (χ1) is 9.50. The second-order valence-electron chi connectivity index (χ2n) is 6.12. The highest BCUT2D eigenvalue weighted by Crippen LogP contribution is 2.29. The lowest BCUT2D eigenvalue weighted by Crippen LogP contribution is -2.35. The van der Waals surface area contributed by atoms with Crippen molar-refractivity contribution in [1.29, 1.82) is 0 Å². The summed E-state index contributed by atoms with van der Waals surface area (Å²) in [5.74, 6) is 0.0105. The fraction of sp³-hybridized carbons (Fsp3) is 0.625. The van der Waals surface area contributed by atoms with E-state index in [1.54, 1.807) is 0 Å². The van der Waals surface area contributed by atoms with Gasteiger partial charge in [-0.15, -0.1) is 0 Å². The van der Waals surface area contributed by atoms with E-state index in [9.17, 15) is 13.5 Å². The lowest BCUT2D eigenvalue weighted by Gasteiger charge is -2.20. The molecule has 21 heavy (non-hydrogen) atoms. The van der Waals surface area contributed by atoms with Crippen LogP contribution in [0.1, 0.15) is 41.7 Å². The van der Waals surface area contributed by atoms with Crippen LogP contribution >= 0.6 is 0 Å². The molecule has 0 aliphatic rings. The van der Waals surface area contributed by atoms with Gasteiger partial charge in [-0.2, -0.15) is 0 Å². The maximum absolute atomic E-state index is 12.6. The van der Waals surface area contributed by atoms with Crippen molar-refractivity contribution in [2.24, 2.45) is 5.92 Å². The standard InChI is InChI=1S/C16H27NO3S/c1-9(2)15(18)8-17-21(19,20)16-13(6)11(4)10(3)12(5)14(16)7/h9,15,17-18H,8H2,1-7H3. The van der Waals surface area contributed by atoms with Crippen molar-refractivity contribution >= 4 is 10.0 Å². The summed E-state index contributed by atoms with van der Waals surface area (Å²) in [6, 6.07) is 0. The molecule has 4 nitrogen and oxygen atoms in total. The molecule has 0 saturated heterocycles. The lowest BCUT2D eigenvalue weighted by atomic mass is 9.95. The molecule has 5 heteroatoms. The Morgan fingerprint density at radius 2 is 1.29 bits per heavy atom. The molecule has 1 unspecified atom stereocenters. The average Bonchev–Trinajstić information content (AvgIpc) is 2.40. The second kappa shape index (κ2) is 6.46.